The molecule has 0 radical (unpaired) electrons. The Morgan fingerprint density at radius 2 is 1.93 bits per heavy atom. The lowest BCUT2D eigenvalue weighted by Gasteiger charge is -2.33. The molecule has 9 nitrogen and oxygen atoms in total. The molecule has 2 aromatic heterocycles. The maximum absolute atomic E-state index is 12.3. The zero-order valence-electron chi connectivity index (χ0n) is 15.0. The first-order valence-corrected chi connectivity index (χ1v) is 11.8. The predicted molar refractivity (Wildman–Crippen MR) is 107 cm³/mol. The molecule has 0 bridgehead atoms. The van der Waals surface area contributed by atoms with Crippen LogP contribution in [-0.2, 0) is 10.0 Å². The van der Waals surface area contributed by atoms with Crippen LogP contribution in [0.1, 0.15) is 6.92 Å². The minimum atomic E-state index is -3.55. The van der Waals surface area contributed by atoms with Gasteiger partial charge in [0.25, 0.3) is 10.0 Å². The number of hydrogen-bond donors (Lipinski definition) is 3. The topological polar surface area (TPSA) is 120 Å². The minimum Gasteiger partial charge on any atom is -0.390 e. The van der Waals surface area contributed by atoms with Gasteiger partial charge >= 0.3 is 0 Å². The van der Waals surface area contributed by atoms with Crippen molar-refractivity contribution in [1.29, 1.82) is 0 Å². The van der Waals surface area contributed by atoms with Crippen LogP contribution in [0.4, 0.5) is 11.1 Å². The summed E-state index contributed by atoms with van der Waals surface area (Å²) in [7, 11) is -3.55. The number of β-amino-alcohol motifs (C(OH)–C–C–N with tert-alkyl or cyclic N) is 1. The van der Waals surface area contributed by atoms with E-state index < -0.39 is 16.1 Å². The summed E-state index contributed by atoms with van der Waals surface area (Å²) in [4.78, 5) is 13.6. The molecule has 3 N–H and O–H groups in total. The second kappa shape index (κ2) is 8.69. The van der Waals surface area contributed by atoms with Crippen LogP contribution in [0.3, 0.4) is 0 Å². The first-order chi connectivity index (χ1) is 12.9. The lowest BCUT2D eigenvalue weighted by molar-refractivity contribution is 0.0549. The fourth-order valence-corrected chi connectivity index (χ4v) is 5.34. The molecule has 27 heavy (non-hydrogen) atoms. The van der Waals surface area contributed by atoms with Gasteiger partial charge in [-0.25, -0.2) is 23.4 Å². The first kappa shape index (κ1) is 20.3. The van der Waals surface area contributed by atoms with Crippen molar-refractivity contribution in [2.75, 3.05) is 43.1 Å². The van der Waals surface area contributed by atoms with Crippen molar-refractivity contribution in [3.8, 4) is 0 Å². The smallest absolute Gasteiger partial charge is 0.254 e. The van der Waals surface area contributed by atoms with Gasteiger partial charge in [0.15, 0.2) is 9.34 Å². The van der Waals surface area contributed by atoms with E-state index in [9.17, 15) is 13.5 Å². The summed E-state index contributed by atoms with van der Waals surface area (Å²) >= 11 is 2.69. The van der Waals surface area contributed by atoms with E-state index in [2.05, 4.69) is 32.5 Å². The maximum Gasteiger partial charge on any atom is 0.254 e. The van der Waals surface area contributed by atoms with Gasteiger partial charge in [-0.15, -0.1) is 11.8 Å². The highest BCUT2D eigenvalue weighted by Gasteiger charge is 2.36. The van der Waals surface area contributed by atoms with Gasteiger partial charge in [-0.3, -0.25) is 0 Å². The normalized spacial score (nSPS) is 16.7. The molecule has 0 saturated carbocycles. The van der Waals surface area contributed by atoms with Gasteiger partial charge in [-0.1, -0.05) is 18.3 Å². The van der Waals surface area contributed by atoms with Gasteiger partial charge in [-0.2, -0.15) is 4.31 Å². The van der Waals surface area contributed by atoms with Crippen molar-refractivity contribution in [1.82, 2.24) is 19.3 Å². The van der Waals surface area contributed by atoms with Gasteiger partial charge in [0.1, 0.15) is 0 Å². The molecule has 1 fully saturated rings. The van der Waals surface area contributed by atoms with Crippen LogP contribution in [0.25, 0.3) is 0 Å². The molecule has 3 rings (SSSR count). The number of nitrogens with zero attached hydrogens (tertiary/aromatic N) is 4. The van der Waals surface area contributed by atoms with Gasteiger partial charge in [0, 0.05) is 43.5 Å². The molecule has 1 aliphatic heterocycles. The van der Waals surface area contributed by atoms with Crippen molar-refractivity contribution < 1.29 is 13.5 Å². The number of rotatable bonds is 9. The molecular weight excluding hydrogens is 408 g/mol. The molecule has 3 heterocycles. The Labute approximate surface area is 166 Å². The van der Waals surface area contributed by atoms with E-state index in [1.807, 2.05) is 6.26 Å². The highest BCUT2D eigenvalue weighted by atomic mass is 32.2. The van der Waals surface area contributed by atoms with Crippen molar-refractivity contribution in [2.45, 2.75) is 22.1 Å². The van der Waals surface area contributed by atoms with Crippen LogP contribution >= 0.6 is 23.1 Å². The fraction of sp³-hybridized carbons (Fsp3) is 0.533. The molecule has 1 aliphatic rings. The van der Waals surface area contributed by atoms with E-state index in [1.165, 1.54) is 10.5 Å². The monoisotopic (exact) mass is 430 g/mol. The SMILES string of the molecule is CSc1cnc(NC[C@H](C)CNc2ncc(S(=O)(=O)N3CC(O)C3)s2)nc1. The standard InChI is InChI=1S/C15H22N6O3S3/c1-10(3-16-14-17-5-12(25-2)6-18-14)4-19-15-20-7-13(26-15)27(23,24)21-8-11(22)9-21/h5-7,10-11,22H,3-4,8-9H2,1-2H3,(H,19,20)(H,16,17,18)/t10-/m0/s1. The third-order valence-electron chi connectivity index (χ3n) is 3.98. The fourth-order valence-electron chi connectivity index (χ4n) is 2.31. The Morgan fingerprint density at radius 1 is 1.26 bits per heavy atom. The Bertz CT molecular complexity index is 852. The molecule has 0 aliphatic carbocycles. The number of aliphatic hydroxyl groups excluding tert-OH is 1. The van der Waals surface area contributed by atoms with E-state index in [-0.39, 0.29) is 23.2 Å². The summed E-state index contributed by atoms with van der Waals surface area (Å²) < 4.78 is 26.1. The number of sulfonamides is 1. The van der Waals surface area contributed by atoms with Crippen molar-refractivity contribution in [3.63, 3.8) is 0 Å². The minimum absolute atomic E-state index is 0.145. The molecule has 0 unspecified atom stereocenters. The van der Waals surface area contributed by atoms with E-state index >= 15 is 0 Å². The lowest BCUT2D eigenvalue weighted by Crippen LogP contribution is -2.53. The molecule has 12 heteroatoms. The van der Waals surface area contributed by atoms with Crippen molar-refractivity contribution in [3.05, 3.63) is 18.6 Å². The number of thiazole rings is 1. The van der Waals surface area contributed by atoms with Gasteiger partial charge < -0.3 is 15.7 Å². The Balaban J connectivity index is 1.46. The molecule has 0 amide bonds. The summed E-state index contributed by atoms with van der Waals surface area (Å²) in [5.41, 5.74) is 0. The molecule has 2 aromatic rings. The second-order valence-electron chi connectivity index (χ2n) is 6.27. The summed E-state index contributed by atoms with van der Waals surface area (Å²) in [6.45, 7) is 3.65. The van der Waals surface area contributed by atoms with Crippen LogP contribution in [0.15, 0.2) is 27.7 Å². The second-order valence-corrected chi connectivity index (χ2v) is 10.3. The summed E-state index contributed by atoms with van der Waals surface area (Å²) in [6, 6.07) is 0. The highest BCUT2D eigenvalue weighted by molar-refractivity contribution is 7.98. The number of hydrogen-bond acceptors (Lipinski definition) is 10. The summed E-state index contributed by atoms with van der Waals surface area (Å²) in [5, 5.41) is 16.2. The third kappa shape index (κ3) is 5.08. The molecule has 0 spiro atoms. The first-order valence-electron chi connectivity index (χ1n) is 8.36. The molecule has 148 valence electrons. The maximum atomic E-state index is 12.3. The Kier molecular flexibility index (Phi) is 6.52. The van der Waals surface area contributed by atoms with Gasteiger partial charge in [0.2, 0.25) is 5.95 Å². The van der Waals surface area contributed by atoms with E-state index in [1.54, 1.807) is 24.2 Å². The molecule has 1 atom stereocenters. The molecular formula is C15H22N6O3S3. The van der Waals surface area contributed by atoms with Crippen LogP contribution in [0, 0.1) is 5.92 Å². The summed E-state index contributed by atoms with van der Waals surface area (Å²) in [6.07, 6.45) is 6.31. The number of aliphatic hydroxyl groups is 1. The van der Waals surface area contributed by atoms with E-state index in [0.29, 0.717) is 24.2 Å². The third-order valence-corrected chi connectivity index (χ3v) is 7.89. The lowest BCUT2D eigenvalue weighted by atomic mass is 10.2. The average Bonchev–Trinajstić information content (AvgIpc) is 3.12. The van der Waals surface area contributed by atoms with Gasteiger partial charge in [0.05, 0.1) is 12.3 Å². The van der Waals surface area contributed by atoms with Crippen LogP contribution in [0.2, 0.25) is 0 Å². The summed E-state index contributed by atoms with van der Waals surface area (Å²) in [5.74, 6) is 0.835. The van der Waals surface area contributed by atoms with E-state index in [4.69, 9.17) is 0 Å². The van der Waals surface area contributed by atoms with Crippen LogP contribution < -0.4 is 10.6 Å². The number of anilines is 2. The average molecular weight is 431 g/mol. The van der Waals surface area contributed by atoms with Crippen LogP contribution in [-0.4, -0.2) is 71.3 Å². The van der Waals surface area contributed by atoms with Crippen LogP contribution in [0.5, 0.6) is 0 Å². The number of thioether (sulfide) groups is 1. The van der Waals surface area contributed by atoms with Crippen molar-refractivity contribution >= 4 is 44.2 Å². The highest BCUT2D eigenvalue weighted by Crippen LogP contribution is 2.28. The van der Waals surface area contributed by atoms with E-state index in [0.717, 1.165) is 16.2 Å². The quantitative estimate of drug-likeness (QED) is 0.504. The van der Waals surface area contributed by atoms with Gasteiger partial charge in [-0.05, 0) is 12.2 Å². The number of aromatic nitrogens is 3. The predicted octanol–water partition coefficient (Wildman–Crippen LogP) is 1.18. The Morgan fingerprint density at radius 3 is 2.56 bits per heavy atom. The number of nitrogens with one attached hydrogen (secondary N) is 2. The Hall–Kier alpha value is -1.47. The molecule has 0 aromatic carbocycles. The largest absolute Gasteiger partial charge is 0.390 e. The zero-order chi connectivity index (χ0) is 19.4. The van der Waals surface area contributed by atoms with Crippen molar-refractivity contribution in [2.24, 2.45) is 5.92 Å². The molecule has 1 saturated heterocycles. The zero-order valence-corrected chi connectivity index (χ0v) is 17.4.